The van der Waals surface area contributed by atoms with Crippen LogP contribution in [0.15, 0.2) is 28.9 Å². The topological polar surface area (TPSA) is 109 Å². The molecule has 116 valence electrons. The molecule has 0 aromatic carbocycles. The average molecular weight is 304 g/mol. The van der Waals surface area contributed by atoms with Crippen LogP contribution in [0.5, 0.6) is 0 Å². The van der Waals surface area contributed by atoms with Gasteiger partial charge in [0.2, 0.25) is 17.6 Å². The van der Waals surface area contributed by atoms with Crippen LogP contribution in [-0.2, 0) is 16.0 Å². The predicted octanol–water partition coefficient (Wildman–Crippen LogP) is 0.997. The third kappa shape index (κ3) is 4.37. The van der Waals surface area contributed by atoms with Gasteiger partial charge >= 0.3 is 5.97 Å². The maximum absolute atomic E-state index is 11.8. The van der Waals surface area contributed by atoms with Gasteiger partial charge in [-0.3, -0.25) is 14.6 Å². The summed E-state index contributed by atoms with van der Waals surface area (Å²) >= 11 is 0. The molecule has 0 unspecified atom stereocenters. The van der Waals surface area contributed by atoms with Crippen molar-refractivity contribution >= 4 is 11.9 Å². The van der Waals surface area contributed by atoms with Crippen LogP contribution < -0.4 is 0 Å². The van der Waals surface area contributed by atoms with Gasteiger partial charge in [-0.1, -0.05) is 11.2 Å². The van der Waals surface area contributed by atoms with E-state index < -0.39 is 5.97 Å². The SMILES string of the molecule is CN(CCC(=O)O)C(=O)CCc1nc(-c2ccccn2)no1. The lowest BCUT2D eigenvalue weighted by atomic mass is 10.2. The largest absolute Gasteiger partial charge is 0.481 e. The highest BCUT2D eigenvalue weighted by atomic mass is 16.5. The summed E-state index contributed by atoms with van der Waals surface area (Å²) in [5.41, 5.74) is 0.599. The molecule has 2 heterocycles. The van der Waals surface area contributed by atoms with E-state index in [2.05, 4.69) is 15.1 Å². The Morgan fingerprint density at radius 2 is 2.14 bits per heavy atom. The molecule has 8 heteroatoms. The van der Waals surface area contributed by atoms with Crippen molar-refractivity contribution < 1.29 is 19.2 Å². The summed E-state index contributed by atoms with van der Waals surface area (Å²) in [7, 11) is 1.57. The molecule has 8 nitrogen and oxygen atoms in total. The van der Waals surface area contributed by atoms with Gasteiger partial charge in [-0.2, -0.15) is 4.98 Å². The molecule has 0 aliphatic heterocycles. The number of carbonyl (C=O) groups is 2. The Morgan fingerprint density at radius 3 is 2.82 bits per heavy atom. The third-order valence-electron chi connectivity index (χ3n) is 3.00. The molecule has 1 N–H and O–H groups in total. The van der Waals surface area contributed by atoms with Crippen molar-refractivity contribution in [2.45, 2.75) is 19.3 Å². The summed E-state index contributed by atoms with van der Waals surface area (Å²) in [6.45, 7) is 0.178. The average Bonchev–Trinajstić information content (AvgIpc) is 3.00. The minimum absolute atomic E-state index is 0.0768. The van der Waals surface area contributed by atoms with Crippen LogP contribution in [0.1, 0.15) is 18.7 Å². The predicted molar refractivity (Wildman–Crippen MR) is 75.7 cm³/mol. The molecule has 0 atom stereocenters. The lowest BCUT2D eigenvalue weighted by Crippen LogP contribution is -2.29. The molecule has 22 heavy (non-hydrogen) atoms. The van der Waals surface area contributed by atoms with Crippen molar-refractivity contribution in [2.75, 3.05) is 13.6 Å². The van der Waals surface area contributed by atoms with Crippen molar-refractivity contribution in [3.05, 3.63) is 30.3 Å². The van der Waals surface area contributed by atoms with Crippen LogP contribution in [0.25, 0.3) is 11.5 Å². The molecular weight excluding hydrogens is 288 g/mol. The molecule has 2 rings (SSSR count). The quantitative estimate of drug-likeness (QED) is 0.812. The summed E-state index contributed by atoms with van der Waals surface area (Å²) in [4.78, 5) is 32.0. The van der Waals surface area contributed by atoms with Crippen LogP contribution in [0.3, 0.4) is 0 Å². The van der Waals surface area contributed by atoms with Crippen LogP contribution in [-0.4, -0.2) is 50.6 Å². The normalized spacial score (nSPS) is 10.4. The van der Waals surface area contributed by atoms with E-state index in [0.29, 0.717) is 23.8 Å². The van der Waals surface area contributed by atoms with Gasteiger partial charge < -0.3 is 14.5 Å². The molecule has 0 fully saturated rings. The minimum atomic E-state index is -0.934. The number of carboxylic acids is 1. The summed E-state index contributed by atoms with van der Waals surface area (Å²) in [6, 6.07) is 5.37. The smallest absolute Gasteiger partial charge is 0.305 e. The number of nitrogens with zero attached hydrogens (tertiary/aromatic N) is 4. The number of hydrogen-bond acceptors (Lipinski definition) is 6. The first kappa shape index (κ1) is 15.6. The summed E-state index contributed by atoms with van der Waals surface area (Å²) in [6.07, 6.45) is 2.04. The summed E-state index contributed by atoms with van der Waals surface area (Å²) in [5.74, 6) is -0.377. The highest BCUT2D eigenvalue weighted by molar-refractivity contribution is 5.76. The van der Waals surface area contributed by atoms with E-state index in [-0.39, 0.29) is 25.3 Å². The number of aromatic nitrogens is 3. The molecule has 0 radical (unpaired) electrons. The first-order chi connectivity index (χ1) is 10.6. The molecular formula is C14H16N4O4. The molecule has 0 spiro atoms. The second kappa shape index (κ2) is 7.30. The van der Waals surface area contributed by atoms with Crippen LogP contribution in [0.2, 0.25) is 0 Å². The lowest BCUT2D eigenvalue weighted by molar-refractivity contribution is -0.138. The maximum atomic E-state index is 11.8. The number of amides is 1. The van der Waals surface area contributed by atoms with Crippen molar-refractivity contribution in [3.63, 3.8) is 0 Å². The number of carboxylic acid groups (broad SMARTS) is 1. The monoisotopic (exact) mass is 304 g/mol. The Bertz CT molecular complexity index is 641. The minimum Gasteiger partial charge on any atom is -0.481 e. The van der Waals surface area contributed by atoms with Gasteiger partial charge in [0.05, 0.1) is 6.42 Å². The van der Waals surface area contributed by atoms with E-state index in [9.17, 15) is 9.59 Å². The summed E-state index contributed by atoms with van der Waals surface area (Å²) in [5, 5.41) is 12.4. The van der Waals surface area contributed by atoms with E-state index in [1.165, 1.54) is 4.90 Å². The highest BCUT2D eigenvalue weighted by Crippen LogP contribution is 2.12. The first-order valence-corrected chi connectivity index (χ1v) is 6.76. The van der Waals surface area contributed by atoms with Crippen LogP contribution >= 0.6 is 0 Å². The zero-order valence-corrected chi connectivity index (χ0v) is 12.1. The van der Waals surface area contributed by atoms with Gasteiger partial charge in [0.25, 0.3) is 0 Å². The van der Waals surface area contributed by atoms with E-state index in [1.54, 1.807) is 25.4 Å². The molecule has 0 bridgehead atoms. The lowest BCUT2D eigenvalue weighted by Gasteiger charge is -2.15. The van der Waals surface area contributed by atoms with Gasteiger partial charge in [-0.15, -0.1) is 0 Å². The third-order valence-corrected chi connectivity index (χ3v) is 3.00. The number of hydrogen-bond donors (Lipinski definition) is 1. The second-order valence-electron chi connectivity index (χ2n) is 4.69. The molecule has 0 saturated heterocycles. The van der Waals surface area contributed by atoms with E-state index in [4.69, 9.17) is 9.63 Å². The molecule has 0 aliphatic rings. The molecule has 1 amide bonds. The van der Waals surface area contributed by atoms with Crippen LogP contribution in [0.4, 0.5) is 0 Å². The Morgan fingerprint density at radius 1 is 1.32 bits per heavy atom. The van der Waals surface area contributed by atoms with Crippen molar-refractivity contribution in [1.29, 1.82) is 0 Å². The van der Waals surface area contributed by atoms with Crippen LogP contribution in [0, 0.1) is 0 Å². The van der Waals surface area contributed by atoms with Gasteiger partial charge in [0.15, 0.2) is 0 Å². The molecule has 0 saturated carbocycles. The van der Waals surface area contributed by atoms with Gasteiger partial charge in [0.1, 0.15) is 5.69 Å². The number of rotatable bonds is 7. The van der Waals surface area contributed by atoms with Crippen molar-refractivity contribution in [3.8, 4) is 11.5 Å². The Labute approximate surface area is 126 Å². The van der Waals surface area contributed by atoms with E-state index in [0.717, 1.165) is 0 Å². The van der Waals surface area contributed by atoms with Gasteiger partial charge in [-0.25, -0.2) is 0 Å². The number of pyridine rings is 1. The van der Waals surface area contributed by atoms with Gasteiger partial charge in [0, 0.05) is 32.6 Å². The zero-order valence-electron chi connectivity index (χ0n) is 12.1. The second-order valence-corrected chi connectivity index (χ2v) is 4.69. The fourth-order valence-electron chi connectivity index (χ4n) is 1.75. The van der Waals surface area contributed by atoms with E-state index in [1.807, 2.05) is 6.07 Å². The fraction of sp³-hybridized carbons (Fsp3) is 0.357. The van der Waals surface area contributed by atoms with Crippen molar-refractivity contribution in [2.24, 2.45) is 0 Å². The number of carbonyl (C=O) groups excluding carboxylic acids is 1. The number of aryl methyl sites for hydroxylation is 1. The zero-order chi connectivity index (χ0) is 15.9. The van der Waals surface area contributed by atoms with Gasteiger partial charge in [-0.05, 0) is 12.1 Å². The van der Waals surface area contributed by atoms with E-state index >= 15 is 0 Å². The molecule has 0 aliphatic carbocycles. The Balaban J connectivity index is 1.86. The summed E-state index contributed by atoms with van der Waals surface area (Å²) < 4.78 is 5.08. The Kier molecular flexibility index (Phi) is 5.18. The standard InChI is InChI=1S/C14H16N4O4/c1-18(9-7-13(20)21)12(19)6-5-11-16-14(17-22-11)10-4-2-3-8-15-10/h2-4,8H,5-7,9H2,1H3,(H,20,21). The fourth-order valence-corrected chi connectivity index (χ4v) is 1.75. The number of aliphatic carboxylic acids is 1. The highest BCUT2D eigenvalue weighted by Gasteiger charge is 2.14. The molecule has 2 aromatic rings. The Hall–Kier alpha value is -2.77. The van der Waals surface area contributed by atoms with Crippen molar-refractivity contribution in [1.82, 2.24) is 20.0 Å². The maximum Gasteiger partial charge on any atom is 0.305 e. The first-order valence-electron chi connectivity index (χ1n) is 6.76. The molecule has 2 aromatic heterocycles.